The molecular formula is C25H40N4O4. The van der Waals surface area contributed by atoms with Crippen molar-refractivity contribution in [2.24, 2.45) is 11.7 Å². The van der Waals surface area contributed by atoms with E-state index in [9.17, 15) is 9.90 Å². The summed E-state index contributed by atoms with van der Waals surface area (Å²) in [5, 5.41) is 19.2. The highest BCUT2D eigenvalue weighted by Gasteiger charge is 2.19. The maximum atomic E-state index is 10.9. The zero-order chi connectivity index (χ0) is 23.8. The number of hydrogen-bond donors (Lipinski definition) is 4. The number of fused-ring (bicyclic) bond motifs is 1. The van der Waals surface area contributed by atoms with E-state index in [0.29, 0.717) is 18.6 Å². The number of ether oxygens (including phenoxy) is 1. The molecule has 1 aromatic carbocycles. The maximum absolute atomic E-state index is 10.9. The van der Waals surface area contributed by atoms with E-state index in [1.807, 2.05) is 18.2 Å². The molecule has 33 heavy (non-hydrogen) atoms. The topological polar surface area (TPSA) is 115 Å². The summed E-state index contributed by atoms with van der Waals surface area (Å²) in [5.74, 6) is 0.194. The first-order valence-corrected chi connectivity index (χ1v) is 12.2. The fourth-order valence-corrected chi connectivity index (χ4v) is 4.23. The molecule has 5 N–H and O–H groups in total. The second-order valence-corrected chi connectivity index (χ2v) is 9.66. The van der Waals surface area contributed by atoms with Crippen molar-refractivity contribution in [1.29, 1.82) is 0 Å². The largest absolute Gasteiger partial charge is 0.493 e. The predicted octanol–water partition coefficient (Wildman–Crippen LogP) is 2.77. The van der Waals surface area contributed by atoms with Crippen molar-refractivity contribution in [2.45, 2.75) is 51.7 Å². The van der Waals surface area contributed by atoms with Crippen LogP contribution in [0, 0.1) is 5.92 Å². The fourth-order valence-electron chi connectivity index (χ4n) is 4.23. The van der Waals surface area contributed by atoms with Gasteiger partial charge in [-0.2, -0.15) is 0 Å². The first-order valence-electron chi connectivity index (χ1n) is 12.2. The Kier molecular flexibility index (Phi) is 9.55. The third-order valence-electron chi connectivity index (χ3n) is 6.35. The number of aromatic amines is 1. The minimum absolute atomic E-state index is 0.0516. The minimum Gasteiger partial charge on any atom is -0.493 e. The van der Waals surface area contributed by atoms with E-state index in [1.54, 1.807) is 6.07 Å². The fraction of sp³-hybridized carbons (Fsp3) is 0.640. The van der Waals surface area contributed by atoms with Crippen LogP contribution in [0.1, 0.15) is 50.0 Å². The van der Waals surface area contributed by atoms with Gasteiger partial charge in [-0.05, 0) is 62.9 Å². The number of nitrogens with two attached hydrogens (primary N) is 1. The number of nitrogens with one attached hydrogen (secondary N) is 1. The Bertz CT molecular complexity index is 846. The Balaban J connectivity index is 0.000000186. The molecule has 2 saturated heterocycles. The number of H-pyrrole nitrogens is 1. The third kappa shape index (κ3) is 7.99. The van der Waals surface area contributed by atoms with Crippen LogP contribution in [0.15, 0.2) is 24.3 Å². The van der Waals surface area contributed by atoms with E-state index in [4.69, 9.17) is 15.6 Å². The van der Waals surface area contributed by atoms with Gasteiger partial charge in [-0.15, -0.1) is 0 Å². The van der Waals surface area contributed by atoms with Gasteiger partial charge in [-0.3, -0.25) is 0 Å². The number of carboxylic acid groups (broad SMARTS) is 1. The molecule has 0 bridgehead atoms. The SMILES string of the molecule is CC(C)COc1cccc2[nH]c(C(=O)O)cc12.NC1CCN(CCN2CCC(O)CC2)CC1. The van der Waals surface area contributed by atoms with Gasteiger partial charge in [0.15, 0.2) is 0 Å². The summed E-state index contributed by atoms with van der Waals surface area (Å²) in [4.78, 5) is 18.7. The van der Waals surface area contributed by atoms with Crippen molar-refractivity contribution in [2.75, 3.05) is 45.9 Å². The van der Waals surface area contributed by atoms with Gasteiger partial charge in [0.1, 0.15) is 11.4 Å². The third-order valence-corrected chi connectivity index (χ3v) is 6.35. The molecule has 4 rings (SSSR count). The molecule has 2 aliphatic rings. The Morgan fingerprint density at radius 3 is 2.30 bits per heavy atom. The number of rotatable bonds is 7. The Hall–Kier alpha value is -2.13. The van der Waals surface area contributed by atoms with Crippen molar-refractivity contribution < 1.29 is 19.7 Å². The number of carbonyl (C=O) groups is 1. The number of nitrogens with zero attached hydrogens (tertiary/aromatic N) is 2. The van der Waals surface area contributed by atoms with Gasteiger partial charge < -0.3 is 35.5 Å². The first kappa shape index (κ1) is 25.5. The van der Waals surface area contributed by atoms with E-state index in [2.05, 4.69) is 28.6 Å². The summed E-state index contributed by atoms with van der Waals surface area (Å²) in [6.07, 6.45) is 4.15. The van der Waals surface area contributed by atoms with Crippen LogP contribution in [0.3, 0.4) is 0 Å². The normalized spacial score (nSPS) is 18.9. The molecular weight excluding hydrogens is 420 g/mol. The number of aromatic nitrogens is 1. The van der Waals surface area contributed by atoms with Gasteiger partial charge in [-0.1, -0.05) is 19.9 Å². The average molecular weight is 461 g/mol. The number of piperidine rings is 2. The van der Waals surface area contributed by atoms with E-state index in [0.717, 1.165) is 75.1 Å². The van der Waals surface area contributed by atoms with Crippen molar-refractivity contribution in [3.8, 4) is 5.75 Å². The molecule has 1 aromatic heterocycles. The molecule has 0 atom stereocenters. The number of likely N-dealkylation sites (tertiary alicyclic amines) is 2. The molecule has 184 valence electrons. The van der Waals surface area contributed by atoms with Crippen LogP contribution in [0.4, 0.5) is 0 Å². The maximum Gasteiger partial charge on any atom is 0.352 e. The first-order chi connectivity index (χ1) is 15.8. The van der Waals surface area contributed by atoms with Crippen molar-refractivity contribution in [1.82, 2.24) is 14.8 Å². The second kappa shape index (κ2) is 12.4. The average Bonchev–Trinajstić information content (AvgIpc) is 3.24. The predicted molar refractivity (Wildman–Crippen MR) is 131 cm³/mol. The van der Waals surface area contributed by atoms with Crippen LogP contribution in [0.5, 0.6) is 5.75 Å². The Morgan fingerprint density at radius 1 is 1.12 bits per heavy atom. The van der Waals surface area contributed by atoms with E-state index in [1.165, 1.54) is 6.54 Å². The van der Waals surface area contributed by atoms with E-state index < -0.39 is 5.97 Å². The van der Waals surface area contributed by atoms with Gasteiger partial charge in [0, 0.05) is 43.1 Å². The van der Waals surface area contributed by atoms with Crippen molar-refractivity contribution in [3.63, 3.8) is 0 Å². The van der Waals surface area contributed by atoms with Crippen LogP contribution >= 0.6 is 0 Å². The lowest BCUT2D eigenvalue weighted by Gasteiger charge is -2.34. The lowest BCUT2D eigenvalue weighted by Crippen LogP contribution is -2.45. The summed E-state index contributed by atoms with van der Waals surface area (Å²) in [6, 6.07) is 7.57. The Morgan fingerprint density at radius 2 is 1.73 bits per heavy atom. The lowest BCUT2D eigenvalue weighted by atomic mass is 10.1. The van der Waals surface area contributed by atoms with Crippen LogP contribution < -0.4 is 10.5 Å². The van der Waals surface area contributed by atoms with Gasteiger partial charge in [-0.25, -0.2) is 4.79 Å². The number of aromatic carboxylic acids is 1. The summed E-state index contributed by atoms with van der Waals surface area (Å²) >= 11 is 0. The summed E-state index contributed by atoms with van der Waals surface area (Å²) in [7, 11) is 0. The van der Waals surface area contributed by atoms with Gasteiger partial charge in [0.05, 0.1) is 12.7 Å². The number of aliphatic hydroxyl groups is 1. The monoisotopic (exact) mass is 460 g/mol. The van der Waals surface area contributed by atoms with Crippen LogP contribution in [0.25, 0.3) is 10.9 Å². The number of carboxylic acids is 1. The van der Waals surface area contributed by atoms with Crippen molar-refractivity contribution in [3.05, 3.63) is 30.0 Å². The van der Waals surface area contributed by atoms with Crippen LogP contribution in [-0.2, 0) is 0 Å². The molecule has 0 aliphatic carbocycles. The van der Waals surface area contributed by atoms with Crippen molar-refractivity contribution >= 4 is 16.9 Å². The molecule has 0 unspecified atom stereocenters. The standard InChI is InChI=1S/C13H15NO3.C12H25N3O/c1-8(2)7-17-12-5-3-4-10-9(12)6-11(14-10)13(15)16;13-11-1-5-14(6-2-11)9-10-15-7-3-12(16)4-8-15/h3-6,8,14H,7H2,1-2H3,(H,15,16);11-12,16H,1-10,13H2. The highest BCUT2D eigenvalue weighted by Crippen LogP contribution is 2.26. The minimum atomic E-state index is -0.962. The molecule has 2 aromatic rings. The molecule has 3 heterocycles. The number of benzene rings is 1. The summed E-state index contributed by atoms with van der Waals surface area (Å²) < 4.78 is 5.66. The quantitative estimate of drug-likeness (QED) is 0.502. The molecule has 8 nitrogen and oxygen atoms in total. The van der Waals surface area contributed by atoms with Crippen LogP contribution in [0.2, 0.25) is 0 Å². The Labute approximate surface area is 196 Å². The summed E-state index contributed by atoms with van der Waals surface area (Å²) in [6.45, 7) is 11.5. The molecule has 8 heteroatoms. The molecule has 2 aliphatic heterocycles. The molecule has 0 radical (unpaired) electrons. The molecule has 0 saturated carbocycles. The molecule has 0 spiro atoms. The van der Waals surface area contributed by atoms with Gasteiger partial charge in [0.25, 0.3) is 0 Å². The number of hydrogen-bond acceptors (Lipinski definition) is 6. The molecule has 0 amide bonds. The second-order valence-electron chi connectivity index (χ2n) is 9.66. The zero-order valence-corrected chi connectivity index (χ0v) is 20.0. The van der Waals surface area contributed by atoms with E-state index >= 15 is 0 Å². The number of aliphatic hydroxyl groups excluding tert-OH is 1. The molecule has 2 fully saturated rings. The zero-order valence-electron chi connectivity index (χ0n) is 20.0. The highest BCUT2D eigenvalue weighted by atomic mass is 16.5. The lowest BCUT2D eigenvalue weighted by molar-refractivity contribution is 0.0691. The van der Waals surface area contributed by atoms with Gasteiger partial charge in [0.2, 0.25) is 0 Å². The van der Waals surface area contributed by atoms with E-state index in [-0.39, 0.29) is 11.8 Å². The van der Waals surface area contributed by atoms with Gasteiger partial charge >= 0.3 is 5.97 Å². The smallest absolute Gasteiger partial charge is 0.352 e. The van der Waals surface area contributed by atoms with Crippen LogP contribution in [-0.4, -0.2) is 89.0 Å². The highest BCUT2D eigenvalue weighted by molar-refractivity contribution is 5.96. The summed E-state index contributed by atoms with van der Waals surface area (Å²) in [5.41, 5.74) is 6.85.